The zero-order chi connectivity index (χ0) is 24.3. The van der Waals surface area contributed by atoms with E-state index in [1.54, 1.807) is 30.7 Å². The Labute approximate surface area is 203 Å². The van der Waals surface area contributed by atoms with Crippen LogP contribution in [-0.2, 0) is 4.79 Å². The number of amides is 2. The molecule has 34 heavy (non-hydrogen) atoms. The highest BCUT2D eigenvalue weighted by atomic mass is 32.2. The lowest BCUT2D eigenvalue weighted by Gasteiger charge is -2.20. The van der Waals surface area contributed by atoms with E-state index in [4.69, 9.17) is 5.11 Å². The van der Waals surface area contributed by atoms with Crippen LogP contribution in [0.25, 0.3) is 0 Å². The highest BCUT2D eigenvalue weighted by Crippen LogP contribution is 2.34. The van der Waals surface area contributed by atoms with E-state index in [1.807, 2.05) is 44.2 Å². The maximum Gasteiger partial charge on any atom is 0.258 e. The van der Waals surface area contributed by atoms with Gasteiger partial charge in [-0.2, -0.15) is 0 Å². The van der Waals surface area contributed by atoms with Crippen LogP contribution in [0.1, 0.15) is 38.8 Å². The summed E-state index contributed by atoms with van der Waals surface area (Å²) in [5.74, 6) is -0.476. The third-order valence-corrected chi connectivity index (χ3v) is 6.00. The van der Waals surface area contributed by atoms with Crippen LogP contribution in [-0.4, -0.2) is 46.6 Å². The number of nitrogens with one attached hydrogen (secondary N) is 3. The van der Waals surface area contributed by atoms with E-state index in [-0.39, 0.29) is 25.0 Å². The van der Waals surface area contributed by atoms with Crippen LogP contribution in [0.15, 0.2) is 66.1 Å². The molecule has 2 heterocycles. The molecule has 0 saturated heterocycles. The first-order chi connectivity index (χ1) is 16.5. The molecule has 2 amide bonds. The summed E-state index contributed by atoms with van der Waals surface area (Å²) in [5.41, 5.74) is 4.08. The molecule has 0 aliphatic heterocycles. The number of hydrogen-bond donors (Lipinski definition) is 4. The molecule has 1 atom stereocenters. The number of nitrogens with zero attached hydrogens (tertiary/aromatic N) is 2. The van der Waals surface area contributed by atoms with Crippen molar-refractivity contribution >= 4 is 29.3 Å². The Balaban J connectivity index is 1.78. The van der Waals surface area contributed by atoms with E-state index in [2.05, 4.69) is 25.9 Å². The van der Waals surface area contributed by atoms with Crippen molar-refractivity contribution in [2.75, 3.05) is 25.0 Å². The minimum Gasteiger partial charge on any atom is -0.396 e. The summed E-state index contributed by atoms with van der Waals surface area (Å²) in [6, 6.07) is 12.9. The predicted molar refractivity (Wildman–Crippen MR) is 134 cm³/mol. The molecular formula is C25H29N5O3S. The number of aryl methyl sites for hydroxylation is 2. The van der Waals surface area contributed by atoms with Crippen molar-refractivity contribution in [1.82, 2.24) is 20.6 Å². The summed E-state index contributed by atoms with van der Waals surface area (Å²) in [6.45, 7) is 4.69. The van der Waals surface area contributed by atoms with E-state index in [1.165, 1.54) is 11.8 Å². The molecule has 1 unspecified atom stereocenters. The first-order valence-corrected chi connectivity index (χ1v) is 11.9. The number of pyridine rings is 2. The Morgan fingerprint density at radius 1 is 1.06 bits per heavy atom. The fourth-order valence-corrected chi connectivity index (χ4v) is 4.45. The second kappa shape index (κ2) is 12.8. The standard InChI is InChI=1S/C25H29N5O3S/c1-17-13-18(2)15-20(14-17)29-23(33)21-5-3-9-28-25(21)34-24(19-6-10-26-11-7-19)30-22(32)16-27-8-4-12-31/h3,5-7,9-11,13-15,24,27,31H,4,8,12,16H2,1-2H3,(H,29,33)(H,30,32). The molecule has 1 aromatic carbocycles. The van der Waals surface area contributed by atoms with Crippen molar-refractivity contribution in [3.63, 3.8) is 0 Å². The molecule has 0 spiro atoms. The summed E-state index contributed by atoms with van der Waals surface area (Å²) in [6.07, 6.45) is 5.50. The number of aliphatic hydroxyl groups excluding tert-OH is 1. The van der Waals surface area contributed by atoms with Crippen molar-refractivity contribution in [3.05, 3.63) is 83.3 Å². The normalized spacial score (nSPS) is 11.6. The smallest absolute Gasteiger partial charge is 0.258 e. The average Bonchev–Trinajstić information content (AvgIpc) is 2.81. The lowest BCUT2D eigenvalue weighted by Crippen LogP contribution is -2.36. The molecule has 0 fully saturated rings. The van der Waals surface area contributed by atoms with E-state index in [0.29, 0.717) is 23.6 Å². The average molecular weight is 480 g/mol. The lowest BCUT2D eigenvalue weighted by atomic mass is 10.1. The van der Waals surface area contributed by atoms with Gasteiger partial charge in [0, 0.05) is 30.9 Å². The molecule has 8 nitrogen and oxygen atoms in total. The molecule has 3 aromatic rings. The van der Waals surface area contributed by atoms with Crippen LogP contribution >= 0.6 is 11.8 Å². The van der Waals surface area contributed by atoms with Gasteiger partial charge >= 0.3 is 0 Å². The van der Waals surface area contributed by atoms with Crippen LogP contribution in [0.3, 0.4) is 0 Å². The van der Waals surface area contributed by atoms with Gasteiger partial charge < -0.3 is 21.1 Å². The van der Waals surface area contributed by atoms with Gasteiger partial charge in [-0.15, -0.1) is 0 Å². The van der Waals surface area contributed by atoms with Crippen LogP contribution in [0, 0.1) is 13.8 Å². The first kappa shape index (κ1) is 25.4. The molecule has 0 saturated carbocycles. The van der Waals surface area contributed by atoms with Gasteiger partial charge in [0.15, 0.2) is 0 Å². The number of carbonyl (C=O) groups is 2. The molecular weight excluding hydrogens is 450 g/mol. The monoisotopic (exact) mass is 479 g/mol. The predicted octanol–water partition coefficient (Wildman–Crippen LogP) is 3.22. The van der Waals surface area contributed by atoms with Crippen LogP contribution < -0.4 is 16.0 Å². The number of aliphatic hydroxyl groups is 1. The number of rotatable bonds is 11. The summed E-state index contributed by atoms with van der Waals surface area (Å²) in [5, 5.41) is 17.9. The van der Waals surface area contributed by atoms with Crippen LogP contribution in [0.2, 0.25) is 0 Å². The molecule has 0 bridgehead atoms. The van der Waals surface area contributed by atoms with Gasteiger partial charge in [0.2, 0.25) is 5.91 Å². The lowest BCUT2D eigenvalue weighted by molar-refractivity contribution is -0.120. The van der Waals surface area contributed by atoms with Gasteiger partial charge in [0.05, 0.1) is 12.1 Å². The topological polar surface area (TPSA) is 116 Å². The zero-order valence-electron chi connectivity index (χ0n) is 19.2. The van der Waals surface area contributed by atoms with E-state index < -0.39 is 5.37 Å². The Morgan fingerprint density at radius 3 is 2.50 bits per heavy atom. The Kier molecular flexibility index (Phi) is 9.57. The van der Waals surface area contributed by atoms with Gasteiger partial charge in [0.1, 0.15) is 10.4 Å². The number of carbonyl (C=O) groups excluding carboxylic acids is 2. The van der Waals surface area contributed by atoms with E-state index in [0.717, 1.165) is 22.4 Å². The molecule has 4 N–H and O–H groups in total. The minimum absolute atomic E-state index is 0.0662. The van der Waals surface area contributed by atoms with Crippen LogP contribution in [0.5, 0.6) is 0 Å². The quantitative estimate of drug-likeness (QED) is 0.190. The SMILES string of the molecule is Cc1cc(C)cc(NC(=O)c2cccnc2SC(NC(=O)CNCCCO)c2ccncc2)c1. The second-order valence-electron chi connectivity index (χ2n) is 7.79. The molecule has 0 radical (unpaired) electrons. The summed E-state index contributed by atoms with van der Waals surface area (Å²) < 4.78 is 0. The Hall–Kier alpha value is -3.27. The minimum atomic E-state index is -0.474. The van der Waals surface area contributed by atoms with E-state index in [9.17, 15) is 9.59 Å². The third kappa shape index (κ3) is 7.65. The van der Waals surface area contributed by atoms with Gasteiger partial charge in [0.25, 0.3) is 5.91 Å². The van der Waals surface area contributed by atoms with Gasteiger partial charge in [-0.3, -0.25) is 14.6 Å². The second-order valence-corrected chi connectivity index (χ2v) is 8.88. The molecule has 2 aromatic heterocycles. The number of anilines is 1. The number of aromatic nitrogens is 2. The van der Waals surface area contributed by atoms with E-state index >= 15 is 0 Å². The largest absolute Gasteiger partial charge is 0.396 e. The van der Waals surface area contributed by atoms with Crippen molar-refractivity contribution in [2.45, 2.75) is 30.7 Å². The maximum atomic E-state index is 13.1. The molecule has 9 heteroatoms. The first-order valence-electron chi connectivity index (χ1n) is 11.0. The number of benzene rings is 1. The Morgan fingerprint density at radius 2 is 1.79 bits per heavy atom. The van der Waals surface area contributed by atoms with Gasteiger partial charge in [-0.25, -0.2) is 4.98 Å². The number of thioether (sulfide) groups is 1. The maximum absolute atomic E-state index is 13.1. The fraction of sp³-hybridized carbons (Fsp3) is 0.280. The highest BCUT2D eigenvalue weighted by molar-refractivity contribution is 7.99. The third-order valence-electron chi connectivity index (χ3n) is 4.82. The molecule has 0 aliphatic rings. The van der Waals surface area contributed by atoms with Crippen molar-refractivity contribution < 1.29 is 14.7 Å². The summed E-state index contributed by atoms with van der Waals surface area (Å²) >= 11 is 1.29. The Bertz CT molecular complexity index is 1090. The molecule has 0 aliphatic carbocycles. The zero-order valence-corrected chi connectivity index (χ0v) is 20.1. The van der Waals surface area contributed by atoms with Gasteiger partial charge in [-0.05, 0) is 79.9 Å². The number of hydrogen-bond acceptors (Lipinski definition) is 7. The molecule has 3 rings (SSSR count). The summed E-state index contributed by atoms with van der Waals surface area (Å²) in [4.78, 5) is 34.1. The fourth-order valence-electron chi connectivity index (χ4n) is 3.34. The van der Waals surface area contributed by atoms with Crippen molar-refractivity contribution in [2.24, 2.45) is 0 Å². The highest BCUT2D eigenvalue weighted by Gasteiger charge is 2.21. The van der Waals surface area contributed by atoms with Crippen molar-refractivity contribution in [1.29, 1.82) is 0 Å². The van der Waals surface area contributed by atoms with Crippen LogP contribution in [0.4, 0.5) is 5.69 Å². The molecule has 178 valence electrons. The van der Waals surface area contributed by atoms with Gasteiger partial charge in [-0.1, -0.05) is 17.8 Å². The van der Waals surface area contributed by atoms with Crippen molar-refractivity contribution in [3.8, 4) is 0 Å². The summed E-state index contributed by atoms with van der Waals surface area (Å²) in [7, 11) is 0.